The van der Waals surface area contributed by atoms with Gasteiger partial charge in [0.15, 0.2) is 0 Å². The highest BCUT2D eigenvalue weighted by Crippen LogP contribution is 2.33. The third-order valence-corrected chi connectivity index (χ3v) is 3.84. The highest BCUT2D eigenvalue weighted by Gasteiger charge is 2.27. The van der Waals surface area contributed by atoms with Gasteiger partial charge in [-0.25, -0.2) is 0 Å². The van der Waals surface area contributed by atoms with Crippen LogP contribution in [0.2, 0.25) is 0 Å². The molecule has 0 aliphatic carbocycles. The lowest BCUT2D eigenvalue weighted by atomic mass is 9.97. The van der Waals surface area contributed by atoms with Crippen molar-refractivity contribution in [3.8, 4) is 11.5 Å². The van der Waals surface area contributed by atoms with Crippen molar-refractivity contribution in [3.63, 3.8) is 0 Å². The van der Waals surface area contributed by atoms with Crippen LogP contribution in [-0.4, -0.2) is 44.8 Å². The summed E-state index contributed by atoms with van der Waals surface area (Å²) in [4.78, 5) is 13.8. The van der Waals surface area contributed by atoms with Crippen LogP contribution >= 0.6 is 0 Å². The molecule has 0 N–H and O–H groups in total. The standard InChI is InChI=1S/C15H21NO4/c1-10(15(17)20-4)16-6-5-13-11(9-16)7-12(18-2)8-14(13)19-3/h7-8,10H,5-6,9H2,1-4H3. The Morgan fingerprint density at radius 3 is 2.60 bits per heavy atom. The normalized spacial score (nSPS) is 16.2. The van der Waals surface area contributed by atoms with E-state index in [1.807, 2.05) is 19.1 Å². The third kappa shape index (κ3) is 2.72. The molecule has 5 heteroatoms. The van der Waals surface area contributed by atoms with E-state index in [1.165, 1.54) is 12.7 Å². The van der Waals surface area contributed by atoms with E-state index in [0.717, 1.165) is 30.0 Å². The second-order valence-corrected chi connectivity index (χ2v) is 4.89. The van der Waals surface area contributed by atoms with E-state index in [2.05, 4.69) is 4.90 Å². The van der Waals surface area contributed by atoms with Gasteiger partial charge < -0.3 is 14.2 Å². The quantitative estimate of drug-likeness (QED) is 0.784. The van der Waals surface area contributed by atoms with Gasteiger partial charge >= 0.3 is 5.97 Å². The van der Waals surface area contributed by atoms with Crippen molar-refractivity contribution in [3.05, 3.63) is 23.3 Å². The van der Waals surface area contributed by atoms with Crippen molar-refractivity contribution >= 4 is 5.97 Å². The zero-order valence-electron chi connectivity index (χ0n) is 12.4. The van der Waals surface area contributed by atoms with Crippen molar-refractivity contribution in [2.75, 3.05) is 27.9 Å². The molecular formula is C15H21NO4. The average molecular weight is 279 g/mol. The fourth-order valence-corrected chi connectivity index (χ4v) is 2.60. The van der Waals surface area contributed by atoms with Gasteiger partial charge in [0.1, 0.15) is 17.5 Å². The lowest BCUT2D eigenvalue weighted by molar-refractivity contribution is -0.146. The molecule has 0 bridgehead atoms. The van der Waals surface area contributed by atoms with Crippen molar-refractivity contribution in [1.82, 2.24) is 4.90 Å². The number of esters is 1. The minimum absolute atomic E-state index is 0.205. The number of carbonyl (C=O) groups is 1. The van der Waals surface area contributed by atoms with Crippen LogP contribution in [0.25, 0.3) is 0 Å². The van der Waals surface area contributed by atoms with Gasteiger partial charge in [0.2, 0.25) is 0 Å². The number of carbonyl (C=O) groups excluding carboxylic acids is 1. The molecule has 0 spiro atoms. The van der Waals surface area contributed by atoms with E-state index < -0.39 is 0 Å². The summed E-state index contributed by atoms with van der Waals surface area (Å²) in [5, 5.41) is 0. The predicted octanol–water partition coefficient (Wildman–Crippen LogP) is 1.62. The Hall–Kier alpha value is -1.75. The van der Waals surface area contributed by atoms with E-state index in [4.69, 9.17) is 14.2 Å². The highest BCUT2D eigenvalue weighted by atomic mass is 16.5. The Balaban J connectivity index is 2.27. The number of hydrogen-bond donors (Lipinski definition) is 0. The molecule has 5 nitrogen and oxygen atoms in total. The Bertz CT molecular complexity index is 501. The number of hydrogen-bond acceptors (Lipinski definition) is 5. The maximum absolute atomic E-state index is 11.7. The summed E-state index contributed by atoms with van der Waals surface area (Å²) >= 11 is 0. The second-order valence-electron chi connectivity index (χ2n) is 4.89. The molecule has 110 valence electrons. The number of rotatable bonds is 4. The van der Waals surface area contributed by atoms with Gasteiger partial charge in [-0.2, -0.15) is 0 Å². The molecule has 0 amide bonds. The zero-order valence-corrected chi connectivity index (χ0v) is 12.4. The first-order chi connectivity index (χ1) is 9.60. The van der Waals surface area contributed by atoms with Crippen LogP contribution in [0.4, 0.5) is 0 Å². The maximum atomic E-state index is 11.7. The number of fused-ring (bicyclic) bond motifs is 1. The smallest absolute Gasteiger partial charge is 0.322 e. The topological polar surface area (TPSA) is 48.0 Å². The van der Waals surface area contributed by atoms with Crippen LogP contribution in [0.1, 0.15) is 18.1 Å². The SMILES string of the molecule is COC(=O)C(C)N1CCc2c(cc(OC)cc2OC)C1. The Labute approximate surface area is 119 Å². The molecule has 1 aromatic carbocycles. The molecule has 1 aromatic rings. The minimum Gasteiger partial charge on any atom is -0.497 e. The Morgan fingerprint density at radius 1 is 1.25 bits per heavy atom. The number of nitrogens with zero attached hydrogens (tertiary/aromatic N) is 1. The molecule has 20 heavy (non-hydrogen) atoms. The second kappa shape index (κ2) is 6.13. The summed E-state index contributed by atoms with van der Waals surface area (Å²) in [6.45, 7) is 3.37. The molecule has 1 heterocycles. The van der Waals surface area contributed by atoms with Crippen LogP contribution < -0.4 is 9.47 Å². The Morgan fingerprint density at radius 2 is 2.00 bits per heavy atom. The molecule has 1 aliphatic rings. The highest BCUT2D eigenvalue weighted by molar-refractivity contribution is 5.75. The fraction of sp³-hybridized carbons (Fsp3) is 0.533. The molecule has 1 aliphatic heterocycles. The molecule has 1 atom stereocenters. The average Bonchev–Trinajstić information content (AvgIpc) is 2.51. The lowest BCUT2D eigenvalue weighted by Crippen LogP contribution is -2.42. The maximum Gasteiger partial charge on any atom is 0.322 e. The van der Waals surface area contributed by atoms with E-state index in [-0.39, 0.29) is 12.0 Å². The zero-order chi connectivity index (χ0) is 14.7. The first-order valence-electron chi connectivity index (χ1n) is 6.66. The third-order valence-electron chi connectivity index (χ3n) is 3.84. The first kappa shape index (κ1) is 14.7. The van der Waals surface area contributed by atoms with Gasteiger partial charge in [0, 0.05) is 24.7 Å². The molecule has 2 rings (SSSR count). The Kier molecular flexibility index (Phi) is 4.49. The van der Waals surface area contributed by atoms with Gasteiger partial charge in [-0.3, -0.25) is 9.69 Å². The van der Waals surface area contributed by atoms with Crippen LogP contribution in [0.3, 0.4) is 0 Å². The minimum atomic E-state index is -0.245. The van der Waals surface area contributed by atoms with Crippen molar-refractivity contribution < 1.29 is 19.0 Å². The van der Waals surface area contributed by atoms with E-state index in [1.54, 1.807) is 14.2 Å². The first-order valence-corrected chi connectivity index (χ1v) is 6.66. The predicted molar refractivity (Wildman–Crippen MR) is 75.1 cm³/mol. The molecule has 1 unspecified atom stereocenters. The number of benzene rings is 1. The van der Waals surface area contributed by atoms with Gasteiger partial charge in [-0.05, 0) is 25.0 Å². The van der Waals surface area contributed by atoms with E-state index in [9.17, 15) is 4.79 Å². The van der Waals surface area contributed by atoms with E-state index in [0.29, 0.717) is 6.54 Å². The summed E-state index contributed by atoms with van der Waals surface area (Å²) in [6.07, 6.45) is 0.851. The summed E-state index contributed by atoms with van der Waals surface area (Å²) in [5.41, 5.74) is 2.34. The van der Waals surface area contributed by atoms with Crippen molar-refractivity contribution in [2.45, 2.75) is 25.9 Å². The summed E-state index contributed by atoms with van der Waals surface area (Å²) in [7, 11) is 4.72. The van der Waals surface area contributed by atoms with Crippen molar-refractivity contribution in [2.24, 2.45) is 0 Å². The van der Waals surface area contributed by atoms with Gasteiger partial charge in [0.05, 0.1) is 21.3 Å². The van der Waals surface area contributed by atoms with Crippen LogP contribution in [0.5, 0.6) is 11.5 Å². The summed E-state index contributed by atoms with van der Waals surface area (Å²) in [5.74, 6) is 1.42. The van der Waals surface area contributed by atoms with Crippen LogP contribution in [-0.2, 0) is 22.5 Å². The van der Waals surface area contributed by atoms with Gasteiger partial charge in [-0.1, -0.05) is 0 Å². The summed E-state index contributed by atoms with van der Waals surface area (Å²) < 4.78 is 15.5. The molecule has 0 aromatic heterocycles. The van der Waals surface area contributed by atoms with E-state index >= 15 is 0 Å². The lowest BCUT2D eigenvalue weighted by Gasteiger charge is -2.33. The molecule has 0 radical (unpaired) electrons. The summed E-state index contributed by atoms with van der Waals surface area (Å²) in [6, 6.07) is 3.66. The largest absolute Gasteiger partial charge is 0.497 e. The van der Waals surface area contributed by atoms with Crippen LogP contribution in [0, 0.1) is 0 Å². The number of ether oxygens (including phenoxy) is 3. The van der Waals surface area contributed by atoms with Crippen LogP contribution in [0.15, 0.2) is 12.1 Å². The molecule has 0 fully saturated rings. The molecule has 0 saturated carbocycles. The molecule has 0 saturated heterocycles. The number of methoxy groups -OCH3 is 3. The monoisotopic (exact) mass is 279 g/mol. The fourth-order valence-electron chi connectivity index (χ4n) is 2.60. The molecular weight excluding hydrogens is 258 g/mol. The van der Waals surface area contributed by atoms with Crippen molar-refractivity contribution in [1.29, 1.82) is 0 Å². The van der Waals surface area contributed by atoms with Gasteiger partial charge in [0.25, 0.3) is 0 Å². The van der Waals surface area contributed by atoms with Gasteiger partial charge in [-0.15, -0.1) is 0 Å².